The topological polar surface area (TPSA) is 27.6 Å². The fourth-order valence-electron chi connectivity index (χ4n) is 1.65. The van der Waals surface area contributed by atoms with Crippen LogP contribution in [0.3, 0.4) is 0 Å². The highest BCUT2D eigenvalue weighted by molar-refractivity contribution is 6.39. The molecule has 0 amide bonds. The Kier molecular flexibility index (Phi) is 3.49. The molecule has 0 aromatic heterocycles. The van der Waals surface area contributed by atoms with Crippen molar-refractivity contribution in [3.05, 3.63) is 58.1 Å². The summed E-state index contributed by atoms with van der Waals surface area (Å²) in [5, 5.41) is 1.36. The summed E-state index contributed by atoms with van der Waals surface area (Å²) in [4.78, 5) is 0. The lowest BCUT2D eigenvalue weighted by Gasteiger charge is -2.08. The second kappa shape index (κ2) is 4.88. The van der Waals surface area contributed by atoms with Gasteiger partial charge in [0, 0.05) is 11.1 Å². The maximum Gasteiger partial charge on any atom is 0.0998 e. The standard InChI is InChI=1S/C13H11Cl2N/c14-11-6-9(8-16)7-12(15)13(11)10-4-2-1-3-5-10/h1-7H,8,16H2/p+1. The molecule has 3 heteroatoms. The van der Waals surface area contributed by atoms with Gasteiger partial charge >= 0.3 is 0 Å². The van der Waals surface area contributed by atoms with E-state index in [2.05, 4.69) is 5.73 Å². The second-order valence-electron chi connectivity index (χ2n) is 3.55. The minimum absolute atomic E-state index is 0.678. The molecule has 0 radical (unpaired) electrons. The van der Waals surface area contributed by atoms with Crippen LogP contribution < -0.4 is 5.73 Å². The Morgan fingerprint density at radius 1 is 0.938 bits per heavy atom. The van der Waals surface area contributed by atoms with Crippen LogP contribution in [0.15, 0.2) is 42.5 Å². The smallest absolute Gasteiger partial charge is 0.0998 e. The average Bonchev–Trinajstić information content (AvgIpc) is 2.29. The second-order valence-corrected chi connectivity index (χ2v) is 4.36. The molecule has 0 saturated carbocycles. The zero-order chi connectivity index (χ0) is 11.5. The molecular weight excluding hydrogens is 241 g/mol. The molecule has 0 heterocycles. The molecule has 2 aromatic carbocycles. The van der Waals surface area contributed by atoms with Gasteiger partial charge in [-0.3, -0.25) is 0 Å². The summed E-state index contributed by atoms with van der Waals surface area (Å²) in [5.41, 5.74) is 6.80. The lowest BCUT2D eigenvalue weighted by molar-refractivity contribution is -0.386. The van der Waals surface area contributed by atoms with E-state index in [1.165, 1.54) is 0 Å². The zero-order valence-electron chi connectivity index (χ0n) is 8.71. The van der Waals surface area contributed by atoms with Crippen LogP contribution in [0.4, 0.5) is 0 Å². The first kappa shape index (κ1) is 11.5. The van der Waals surface area contributed by atoms with Crippen LogP contribution in [0.25, 0.3) is 11.1 Å². The van der Waals surface area contributed by atoms with Crippen LogP contribution in [0.2, 0.25) is 10.0 Å². The van der Waals surface area contributed by atoms with Gasteiger partial charge in [0.05, 0.1) is 16.6 Å². The molecule has 0 aliphatic rings. The van der Waals surface area contributed by atoms with Crippen LogP contribution in [-0.2, 0) is 6.54 Å². The quantitative estimate of drug-likeness (QED) is 0.849. The third-order valence-corrected chi connectivity index (χ3v) is 3.05. The summed E-state index contributed by atoms with van der Waals surface area (Å²) in [6, 6.07) is 13.7. The zero-order valence-corrected chi connectivity index (χ0v) is 10.2. The van der Waals surface area contributed by atoms with E-state index in [1.54, 1.807) is 0 Å². The van der Waals surface area contributed by atoms with Crippen molar-refractivity contribution in [1.29, 1.82) is 0 Å². The van der Waals surface area contributed by atoms with E-state index in [4.69, 9.17) is 23.2 Å². The van der Waals surface area contributed by atoms with Crippen molar-refractivity contribution in [2.45, 2.75) is 6.54 Å². The third-order valence-electron chi connectivity index (χ3n) is 2.45. The van der Waals surface area contributed by atoms with Gasteiger partial charge in [0.2, 0.25) is 0 Å². The Balaban J connectivity index is 2.58. The highest BCUT2D eigenvalue weighted by Crippen LogP contribution is 2.35. The van der Waals surface area contributed by atoms with Crippen molar-refractivity contribution < 1.29 is 5.73 Å². The summed E-state index contributed by atoms with van der Waals surface area (Å²) in [7, 11) is 0. The van der Waals surface area contributed by atoms with Crippen molar-refractivity contribution in [3.63, 3.8) is 0 Å². The Hall–Kier alpha value is -1.02. The number of halogens is 2. The van der Waals surface area contributed by atoms with Gasteiger partial charge in [0.15, 0.2) is 0 Å². The van der Waals surface area contributed by atoms with E-state index < -0.39 is 0 Å². The summed E-state index contributed by atoms with van der Waals surface area (Å²) in [6.45, 7) is 0.689. The Morgan fingerprint density at radius 3 is 2.00 bits per heavy atom. The number of benzene rings is 2. The largest absolute Gasteiger partial charge is 0.354 e. The van der Waals surface area contributed by atoms with Gasteiger partial charge in [-0.25, -0.2) is 0 Å². The Bertz CT molecular complexity index is 472. The maximum absolute atomic E-state index is 6.24. The summed E-state index contributed by atoms with van der Waals surface area (Å²) < 4.78 is 0. The SMILES string of the molecule is [NH3+]Cc1cc(Cl)c(-c2ccccc2)c(Cl)c1. The van der Waals surface area contributed by atoms with Crippen LogP contribution >= 0.6 is 23.2 Å². The molecule has 0 aliphatic heterocycles. The molecule has 82 valence electrons. The summed E-state index contributed by atoms with van der Waals surface area (Å²) in [5.74, 6) is 0. The number of hydrogen-bond acceptors (Lipinski definition) is 0. The van der Waals surface area contributed by atoms with Crippen LogP contribution in [-0.4, -0.2) is 0 Å². The van der Waals surface area contributed by atoms with E-state index in [-0.39, 0.29) is 0 Å². The normalized spacial score (nSPS) is 10.4. The predicted octanol–water partition coefficient (Wildman–Crippen LogP) is 3.40. The maximum atomic E-state index is 6.24. The van der Waals surface area contributed by atoms with E-state index in [1.807, 2.05) is 42.5 Å². The summed E-state index contributed by atoms with van der Waals surface area (Å²) in [6.07, 6.45) is 0. The monoisotopic (exact) mass is 252 g/mol. The van der Waals surface area contributed by atoms with E-state index in [9.17, 15) is 0 Å². The molecule has 0 aliphatic carbocycles. The molecule has 0 fully saturated rings. The van der Waals surface area contributed by atoms with Gasteiger partial charge in [-0.2, -0.15) is 0 Å². The highest BCUT2D eigenvalue weighted by atomic mass is 35.5. The molecule has 0 atom stereocenters. The average molecular weight is 253 g/mol. The number of rotatable bonds is 2. The first-order chi connectivity index (χ1) is 7.72. The van der Waals surface area contributed by atoms with E-state index >= 15 is 0 Å². The molecule has 2 rings (SSSR count). The van der Waals surface area contributed by atoms with Gasteiger partial charge in [-0.1, -0.05) is 53.5 Å². The number of hydrogen-bond donors (Lipinski definition) is 1. The van der Waals surface area contributed by atoms with Crippen molar-refractivity contribution >= 4 is 23.2 Å². The minimum atomic E-state index is 0.678. The number of quaternary nitrogens is 1. The van der Waals surface area contributed by atoms with E-state index in [0.717, 1.165) is 16.7 Å². The van der Waals surface area contributed by atoms with Crippen molar-refractivity contribution in [3.8, 4) is 11.1 Å². The van der Waals surface area contributed by atoms with Gasteiger partial charge in [0.1, 0.15) is 0 Å². The molecule has 3 N–H and O–H groups in total. The molecule has 0 spiro atoms. The molecule has 2 aromatic rings. The molecule has 0 unspecified atom stereocenters. The molecule has 0 bridgehead atoms. The molecule has 1 nitrogen and oxygen atoms in total. The first-order valence-electron chi connectivity index (χ1n) is 5.05. The van der Waals surface area contributed by atoms with Crippen LogP contribution in [0, 0.1) is 0 Å². The fourth-order valence-corrected chi connectivity index (χ4v) is 2.40. The van der Waals surface area contributed by atoms with E-state index in [0.29, 0.717) is 16.6 Å². The van der Waals surface area contributed by atoms with Gasteiger partial charge in [0.25, 0.3) is 0 Å². The van der Waals surface area contributed by atoms with Crippen molar-refractivity contribution in [2.24, 2.45) is 0 Å². The summed E-state index contributed by atoms with van der Waals surface area (Å²) >= 11 is 12.5. The molecular formula is C13H12Cl2N+. The van der Waals surface area contributed by atoms with Gasteiger partial charge < -0.3 is 5.73 Å². The minimum Gasteiger partial charge on any atom is -0.354 e. The van der Waals surface area contributed by atoms with Crippen molar-refractivity contribution in [2.75, 3.05) is 0 Å². The Morgan fingerprint density at radius 2 is 1.50 bits per heavy atom. The van der Waals surface area contributed by atoms with Crippen LogP contribution in [0.1, 0.15) is 5.56 Å². The van der Waals surface area contributed by atoms with Gasteiger partial charge in [-0.15, -0.1) is 0 Å². The molecule has 0 saturated heterocycles. The lowest BCUT2D eigenvalue weighted by Crippen LogP contribution is -2.47. The molecule has 16 heavy (non-hydrogen) atoms. The Labute approximate surface area is 105 Å². The van der Waals surface area contributed by atoms with Gasteiger partial charge in [-0.05, 0) is 17.7 Å². The third kappa shape index (κ3) is 2.22. The van der Waals surface area contributed by atoms with Crippen LogP contribution in [0.5, 0.6) is 0 Å². The first-order valence-corrected chi connectivity index (χ1v) is 5.80. The fraction of sp³-hybridized carbons (Fsp3) is 0.0769. The van der Waals surface area contributed by atoms with Crippen molar-refractivity contribution in [1.82, 2.24) is 0 Å². The highest BCUT2D eigenvalue weighted by Gasteiger charge is 2.10. The predicted molar refractivity (Wildman–Crippen MR) is 68.5 cm³/mol. The lowest BCUT2D eigenvalue weighted by atomic mass is 10.0.